The number of esters is 1. The fourth-order valence-corrected chi connectivity index (χ4v) is 7.47. The molecule has 12 heteroatoms. The number of hydrogen-bond acceptors (Lipinski definition) is 9. The number of allylic oxidation sites excluding steroid dienone is 4. The van der Waals surface area contributed by atoms with Gasteiger partial charge in [0, 0.05) is 30.1 Å². The van der Waals surface area contributed by atoms with Crippen molar-refractivity contribution in [3.05, 3.63) is 23.8 Å². The molecule has 4 aliphatic carbocycles. The van der Waals surface area contributed by atoms with Crippen LogP contribution in [-0.4, -0.2) is 35.5 Å². The molecule has 3 unspecified atom stereocenters. The summed E-state index contributed by atoms with van der Waals surface area (Å²) in [4.78, 5) is 72.8. The monoisotopic (exact) mass is 524 g/mol. The number of ketones is 3. The van der Waals surface area contributed by atoms with Gasteiger partial charge in [0.1, 0.15) is 12.4 Å². The van der Waals surface area contributed by atoms with Crippen LogP contribution >= 0.6 is 7.82 Å². The van der Waals surface area contributed by atoms with E-state index in [0.29, 0.717) is 19.3 Å². The minimum absolute atomic E-state index is 0. The zero-order valence-corrected chi connectivity index (χ0v) is 25.7. The Balaban J connectivity index is 0.00000216. The molecule has 0 aromatic rings. The van der Waals surface area contributed by atoms with E-state index in [1.165, 1.54) is 6.08 Å². The molecular weight excluding hydrogens is 497 g/mol. The molecule has 4 aliphatic rings. The van der Waals surface area contributed by atoms with E-state index in [1.54, 1.807) is 13.0 Å². The number of carbonyl (C=O) groups excluding carboxylic acids is 4. The maximum absolute atomic E-state index is 13.7. The fourth-order valence-electron chi connectivity index (χ4n) is 7.20. The molecule has 0 aromatic carbocycles. The van der Waals surface area contributed by atoms with E-state index in [9.17, 15) is 33.5 Å². The van der Waals surface area contributed by atoms with Crippen molar-refractivity contribution in [3.8, 4) is 0 Å². The number of phosphoric ester groups is 1. The Kier molecular flexibility index (Phi) is 9.55. The zero-order valence-electron chi connectivity index (χ0n) is 20.8. The molecule has 180 valence electrons. The first-order valence-corrected chi connectivity index (χ1v) is 12.6. The van der Waals surface area contributed by atoms with Gasteiger partial charge >= 0.3 is 65.1 Å². The number of hydrogen-bond donors (Lipinski definition) is 0. The largest absolute Gasteiger partial charge is 1.00 e. The molecule has 0 N–H and O–H groups in total. The van der Waals surface area contributed by atoms with Crippen LogP contribution in [0.4, 0.5) is 0 Å². The van der Waals surface area contributed by atoms with Gasteiger partial charge in [-0.3, -0.25) is 19.2 Å². The first-order valence-electron chi connectivity index (χ1n) is 11.1. The van der Waals surface area contributed by atoms with Gasteiger partial charge < -0.3 is 23.6 Å². The Morgan fingerprint density at radius 3 is 2.43 bits per heavy atom. The van der Waals surface area contributed by atoms with E-state index in [-0.39, 0.29) is 101 Å². The SMILES string of the molecule is CC(=O)O[C@]1(C(=O)COP(=O)([O-])[O-])CCC2C3CCC4=CC(=O)C=C[C@]4(C)C3C(=O)C[C@@]21C.[Na+].[Na+]. The van der Waals surface area contributed by atoms with Crippen molar-refractivity contribution in [3.63, 3.8) is 0 Å². The molecule has 35 heavy (non-hydrogen) atoms. The van der Waals surface area contributed by atoms with Gasteiger partial charge in [-0.15, -0.1) is 0 Å². The van der Waals surface area contributed by atoms with Crippen LogP contribution < -0.4 is 68.9 Å². The number of rotatable bonds is 5. The Hall–Kier alpha value is 0.0700. The number of carbonyl (C=O) groups is 4. The first kappa shape index (κ1) is 31.3. The van der Waals surface area contributed by atoms with Gasteiger partial charge in [-0.05, 0) is 49.7 Å². The van der Waals surface area contributed by atoms with Crippen molar-refractivity contribution in [1.29, 1.82) is 0 Å². The summed E-state index contributed by atoms with van der Waals surface area (Å²) < 4.78 is 20.8. The molecule has 3 saturated carbocycles. The molecule has 0 bridgehead atoms. The zero-order chi connectivity index (χ0) is 24.4. The fraction of sp³-hybridized carbons (Fsp3) is 0.652. The van der Waals surface area contributed by atoms with Gasteiger partial charge in [-0.25, -0.2) is 0 Å². The second-order valence-electron chi connectivity index (χ2n) is 10.1. The summed E-state index contributed by atoms with van der Waals surface area (Å²) in [6.45, 7) is 3.81. The average Bonchev–Trinajstić information content (AvgIpc) is 2.98. The average molecular weight is 524 g/mol. The topological polar surface area (TPSA) is 150 Å². The van der Waals surface area contributed by atoms with Gasteiger partial charge in [0.2, 0.25) is 5.78 Å². The second-order valence-corrected chi connectivity index (χ2v) is 11.3. The first-order chi connectivity index (χ1) is 15.2. The van der Waals surface area contributed by atoms with Crippen LogP contribution in [0.5, 0.6) is 0 Å². The molecule has 0 amide bonds. The van der Waals surface area contributed by atoms with Crippen LogP contribution in [0.1, 0.15) is 52.9 Å². The van der Waals surface area contributed by atoms with Crippen molar-refractivity contribution in [1.82, 2.24) is 0 Å². The minimum Gasteiger partial charge on any atom is -0.790 e. The Bertz CT molecular complexity index is 1050. The van der Waals surface area contributed by atoms with Gasteiger partial charge in [-0.1, -0.05) is 25.5 Å². The van der Waals surface area contributed by atoms with E-state index in [0.717, 1.165) is 12.5 Å². The van der Waals surface area contributed by atoms with E-state index < -0.39 is 42.6 Å². The molecule has 6 atom stereocenters. The number of ether oxygens (including phenoxy) is 1. The van der Waals surface area contributed by atoms with Crippen LogP contribution in [0.2, 0.25) is 0 Å². The summed E-state index contributed by atoms with van der Waals surface area (Å²) in [6, 6.07) is 0. The van der Waals surface area contributed by atoms with Crippen LogP contribution in [0.3, 0.4) is 0 Å². The summed E-state index contributed by atoms with van der Waals surface area (Å²) in [5.74, 6) is -2.37. The Morgan fingerprint density at radius 2 is 1.83 bits per heavy atom. The van der Waals surface area contributed by atoms with Crippen molar-refractivity contribution in [2.75, 3.05) is 6.61 Å². The van der Waals surface area contributed by atoms with E-state index in [4.69, 9.17) is 4.74 Å². The van der Waals surface area contributed by atoms with Crippen LogP contribution in [0, 0.1) is 28.6 Å². The van der Waals surface area contributed by atoms with Crippen molar-refractivity contribution >= 4 is 31.1 Å². The molecule has 0 heterocycles. The number of Topliss-reactive ketones (excluding diaryl/α,β-unsaturated/α-hetero) is 2. The Morgan fingerprint density at radius 1 is 1.17 bits per heavy atom. The van der Waals surface area contributed by atoms with Gasteiger partial charge in [0.05, 0.1) is 7.82 Å². The molecule has 0 radical (unpaired) electrons. The molecule has 0 aromatic heterocycles. The summed E-state index contributed by atoms with van der Waals surface area (Å²) in [5, 5.41) is 0. The summed E-state index contributed by atoms with van der Waals surface area (Å²) in [6.07, 6.45) is 6.77. The van der Waals surface area contributed by atoms with Crippen LogP contribution in [-0.2, 0) is 33.0 Å². The molecule has 3 fully saturated rings. The smallest absolute Gasteiger partial charge is 0.790 e. The second kappa shape index (κ2) is 10.7. The maximum atomic E-state index is 13.7. The minimum atomic E-state index is -5.42. The standard InChI is InChI=1S/C23H29O9P.2Na/c1-13(24)32-23(19(27)12-31-33(28,29)30)9-7-17-16-5-4-14-10-15(25)6-8-21(14,2)20(16)18(26)11-22(17,23)3;;/h6,8,10,16-17,20H,4-5,7,9,11-12H2,1-3H3,(H2,28,29,30);;/q;2*+1/p-2/t16?,17?,20?,21-,22-,23-;;/m0../s1. The van der Waals surface area contributed by atoms with E-state index >= 15 is 0 Å². The predicted octanol–water partition coefficient (Wildman–Crippen LogP) is -4.80. The van der Waals surface area contributed by atoms with E-state index in [1.807, 2.05) is 13.0 Å². The predicted molar refractivity (Wildman–Crippen MR) is 110 cm³/mol. The van der Waals surface area contributed by atoms with Crippen molar-refractivity contribution < 1.29 is 102 Å². The molecule has 0 saturated heterocycles. The molecule has 4 rings (SSSR count). The summed E-state index contributed by atoms with van der Waals surface area (Å²) in [7, 11) is -5.42. The maximum Gasteiger partial charge on any atom is 1.00 e. The third kappa shape index (κ3) is 5.20. The van der Waals surface area contributed by atoms with Gasteiger partial charge in [0.15, 0.2) is 11.4 Å². The molecule has 0 aliphatic heterocycles. The summed E-state index contributed by atoms with van der Waals surface area (Å²) >= 11 is 0. The van der Waals surface area contributed by atoms with Crippen molar-refractivity contribution in [2.24, 2.45) is 28.6 Å². The third-order valence-corrected chi connectivity index (χ3v) is 8.94. The van der Waals surface area contributed by atoms with Crippen LogP contribution in [0.15, 0.2) is 23.8 Å². The molecule has 9 nitrogen and oxygen atoms in total. The van der Waals surface area contributed by atoms with Crippen molar-refractivity contribution in [2.45, 2.75) is 58.5 Å². The quantitative estimate of drug-likeness (QED) is 0.196. The van der Waals surface area contributed by atoms with Gasteiger partial charge in [0.25, 0.3) is 0 Å². The summed E-state index contributed by atoms with van der Waals surface area (Å²) in [5.41, 5.74) is -2.48. The van der Waals surface area contributed by atoms with E-state index in [2.05, 4.69) is 4.52 Å². The number of fused-ring (bicyclic) bond motifs is 5. The third-order valence-electron chi connectivity index (χ3n) is 8.50. The molecule has 0 spiro atoms. The van der Waals surface area contributed by atoms with Gasteiger partial charge in [-0.2, -0.15) is 0 Å². The normalized spacial score (nSPS) is 37.6. The Labute approximate surface area is 248 Å². The van der Waals surface area contributed by atoms with Crippen LogP contribution in [0.25, 0.3) is 0 Å². The molecular formula is C23H27Na2O9P. The number of phosphoric acid groups is 1.